The minimum Gasteiger partial charge on any atom is -0.298 e. The molecule has 0 saturated heterocycles. The molecule has 1 aromatic rings. The van der Waals surface area contributed by atoms with E-state index in [2.05, 4.69) is 43.4 Å². The first kappa shape index (κ1) is 11.2. The van der Waals surface area contributed by atoms with Gasteiger partial charge in [0.15, 0.2) is 0 Å². The molecule has 1 aliphatic rings. The zero-order valence-electron chi connectivity index (χ0n) is 9.96. The van der Waals surface area contributed by atoms with Gasteiger partial charge in [-0.15, -0.1) is 0 Å². The van der Waals surface area contributed by atoms with E-state index in [4.69, 9.17) is 5.26 Å². The van der Waals surface area contributed by atoms with Gasteiger partial charge in [-0.05, 0) is 55.8 Å². The lowest BCUT2D eigenvalue weighted by Gasteiger charge is -2.13. The van der Waals surface area contributed by atoms with Crippen LogP contribution in [0.5, 0.6) is 0 Å². The monoisotopic (exact) mass is 214 g/mol. The fourth-order valence-electron chi connectivity index (χ4n) is 1.79. The molecule has 0 aromatic heterocycles. The van der Waals surface area contributed by atoms with Gasteiger partial charge in [-0.3, -0.25) is 5.32 Å². The van der Waals surface area contributed by atoms with Gasteiger partial charge in [0.1, 0.15) is 6.04 Å². The lowest BCUT2D eigenvalue weighted by molar-refractivity contribution is 0.592. The molecule has 1 aliphatic carbocycles. The van der Waals surface area contributed by atoms with Crippen LogP contribution in [0.3, 0.4) is 0 Å². The minimum atomic E-state index is -0.153. The van der Waals surface area contributed by atoms with E-state index in [1.165, 1.54) is 24.0 Å². The number of benzene rings is 1. The third-order valence-corrected chi connectivity index (χ3v) is 3.30. The Labute approximate surface area is 97.3 Å². The van der Waals surface area contributed by atoms with Crippen LogP contribution in [0.1, 0.15) is 35.6 Å². The molecule has 2 heteroatoms. The molecule has 84 valence electrons. The van der Waals surface area contributed by atoms with E-state index in [0.717, 1.165) is 18.0 Å². The summed E-state index contributed by atoms with van der Waals surface area (Å²) in [6.45, 7) is 5.16. The van der Waals surface area contributed by atoms with Crippen LogP contribution in [-0.4, -0.2) is 6.54 Å². The van der Waals surface area contributed by atoms with E-state index in [-0.39, 0.29) is 6.04 Å². The Morgan fingerprint density at radius 3 is 2.69 bits per heavy atom. The highest BCUT2D eigenvalue weighted by atomic mass is 14.9. The molecule has 2 nitrogen and oxygen atoms in total. The highest BCUT2D eigenvalue weighted by Gasteiger charge is 2.22. The summed E-state index contributed by atoms with van der Waals surface area (Å²) in [5.74, 6) is 0.808. The van der Waals surface area contributed by atoms with E-state index in [1.54, 1.807) is 0 Å². The Morgan fingerprint density at radius 1 is 1.38 bits per heavy atom. The molecule has 2 rings (SSSR count). The van der Waals surface area contributed by atoms with Crippen molar-refractivity contribution in [1.29, 1.82) is 5.26 Å². The standard InChI is InChI=1S/C14H18N2/c1-10-3-6-13(7-11(10)2)14(8-15)16-9-12-4-5-12/h3,6-7,12,14,16H,4-5,9H2,1-2H3. The van der Waals surface area contributed by atoms with Crippen LogP contribution in [0.4, 0.5) is 0 Å². The maximum absolute atomic E-state index is 9.16. The van der Waals surface area contributed by atoms with E-state index in [9.17, 15) is 0 Å². The van der Waals surface area contributed by atoms with Crippen LogP contribution in [0.25, 0.3) is 0 Å². The molecule has 1 aromatic carbocycles. The van der Waals surface area contributed by atoms with Crippen molar-refractivity contribution in [3.63, 3.8) is 0 Å². The summed E-state index contributed by atoms with van der Waals surface area (Å²) in [6.07, 6.45) is 2.64. The quantitative estimate of drug-likeness (QED) is 0.836. The zero-order valence-corrected chi connectivity index (χ0v) is 9.96. The lowest BCUT2D eigenvalue weighted by Crippen LogP contribution is -2.22. The van der Waals surface area contributed by atoms with Crippen molar-refractivity contribution in [2.24, 2.45) is 5.92 Å². The van der Waals surface area contributed by atoms with Gasteiger partial charge in [-0.25, -0.2) is 0 Å². The largest absolute Gasteiger partial charge is 0.298 e. The molecule has 0 bridgehead atoms. The van der Waals surface area contributed by atoms with Crippen LogP contribution >= 0.6 is 0 Å². The Hall–Kier alpha value is -1.33. The van der Waals surface area contributed by atoms with Gasteiger partial charge in [-0.2, -0.15) is 5.26 Å². The Morgan fingerprint density at radius 2 is 2.12 bits per heavy atom. The lowest BCUT2D eigenvalue weighted by atomic mass is 10.0. The molecular weight excluding hydrogens is 196 g/mol. The van der Waals surface area contributed by atoms with Crippen LogP contribution < -0.4 is 5.32 Å². The summed E-state index contributed by atoms with van der Waals surface area (Å²) in [5, 5.41) is 12.5. The predicted octanol–water partition coefficient (Wildman–Crippen LogP) is 2.87. The van der Waals surface area contributed by atoms with Crippen molar-refractivity contribution in [1.82, 2.24) is 5.32 Å². The van der Waals surface area contributed by atoms with E-state index < -0.39 is 0 Å². The first-order chi connectivity index (χ1) is 7.70. The Bertz CT molecular complexity index is 413. The van der Waals surface area contributed by atoms with Crippen molar-refractivity contribution in [2.75, 3.05) is 6.54 Å². The van der Waals surface area contributed by atoms with Crippen molar-refractivity contribution >= 4 is 0 Å². The molecule has 1 atom stereocenters. The number of nitrogens with zero attached hydrogens (tertiary/aromatic N) is 1. The fraction of sp³-hybridized carbons (Fsp3) is 0.500. The van der Waals surface area contributed by atoms with Crippen LogP contribution in [0.15, 0.2) is 18.2 Å². The molecule has 0 amide bonds. The molecule has 0 radical (unpaired) electrons. The second-order valence-electron chi connectivity index (χ2n) is 4.76. The highest BCUT2D eigenvalue weighted by Crippen LogP contribution is 2.28. The van der Waals surface area contributed by atoms with Crippen LogP contribution in [0.2, 0.25) is 0 Å². The minimum absolute atomic E-state index is 0.153. The topological polar surface area (TPSA) is 35.8 Å². The molecule has 0 aliphatic heterocycles. The summed E-state index contributed by atoms with van der Waals surface area (Å²) in [5.41, 5.74) is 3.62. The fourth-order valence-corrected chi connectivity index (χ4v) is 1.79. The predicted molar refractivity (Wildman–Crippen MR) is 65.0 cm³/mol. The third kappa shape index (κ3) is 2.62. The molecule has 1 unspecified atom stereocenters. The van der Waals surface area contributed by atoms with Gasteiger partial charge in [0.2, 0.25) is 0 Å². The molecule has 0 spiro atoms. The molecule has 16 heavy (non-hydrogen) atoms. The van der Waals surface area contributed by atoms with Crippen molar-refractivity contribution in [3.8, 4) is 6.07 Å². The second-order valence-corrected chi connectivity index (χ2v) is 4.76. The average Bonchev–Trinajstić information content (AvgIpc) is 3.08. The van der Waals surface area contributed by atoms with E-state index in [0.29, 0.717) is 0 Å². The molecule has 1 saturated carbocycles. The van der Waals surface area contributed by atoms with Crippen molar-refractivity contribution < 1.29 is 0 Å². The smallest absolute Gasteiger partial charge is 0.121 e. The Kier molecular flexibility index (Phi) is 3.26. The molecule has 1 fully saturated rings. The number of rotatable bonds is 4. The maximum atomic E-state index is 9.16. The average molecular weight is 214 g/mol. The first-order valence-corrected chi connectivity index (χ1v) is 5.91. The van der Waals surface area contributed by atoms with Gasteiger partial charge >= 0.3 is 0 Å². The zero-order chi connectivity index (χ0) is 11.5. The SMILES string of the molecule is Cc1ccc(C(C#N)NCC2CC2)cc1C. The molecule has 1 N–H and O–H groups in total. The second kappa shape index (κ2) is 4.67. The molecular formula is C14H18N2. The van der Waals surface area contributed by atoms with Gasteiger partial charge < -0.3 is 0 Å². The van der Waals surface area contributed by atoms with E-state index in [1.807, 2.05) is 0 Å². The highest BCUT2D eigenvalue weighted by molar-refractivity contribution is 5.33. The number of aryl methyl sites for hydroxylation is 2. The van der Waals surface area contributed by atoms with Gasteiger partial charge in [-0.1, -0.05) is 18.2 Å². The van der Waals surface area contributed by atoms with Crippen molar-refractivity contribution in [3.05, 3.63) is 34.9 Å². The number of nitrogens with one attached hydrogen (secondary N) is 1. The summed E-state index contributed by atoms with van der Waals surface area (Å²) in [4.78, 5) is 0. The number of hydrogen-bond donors (Lipinski definition) is 1. The Balaban J connectivity index is 2.06. The van der Waals surface area contributed by atoms with Crippen LogP contribution in [0, 0.1) is 31.1 Å². The normalized spacial score (nSPS) is 16.8. The molecule has 0 heterocycles. The van der Waals surface area contributed by atoms with Gasteiger partial charge in [0.05, 0.1) is 6.07 Å². The number of hydrogen-bond acceptors (Lipinski definition) is 2. The van der Waals surface area contributed by atoms with Gasteiger partial charge in [0, 0.05) is 0 Å². The third-order valence-electron chi connectivity index (χ3n) is 3.30. The summed E-state index contributed by atoms with van der Waals surface area (Å²) in [6, 6.07) is 8.44. The summed E-state index contributed by atoms with van der Waals surface area (Å²) < 4.78 is 0. The first-order valence-electron chi connectivity index (χ1n) is 5.91. The van der Waals surface area contributed by atoms with E-state index >= 15 is 0 Å². The summed E-state index contributed by atoms with van der Waals surface area (Å²) in [7, 11) is 0. The number of nitriles is 1. The van der Waals surface area contributed by atoms with Crippen molar-refractivity contribution in [2.45, 2.75) is 32.7 Å². The van der Waals surface area contributed by atoms with Crippen LogP contribution in [-0.2, 0) is 0 Å². The maximum Gasteiger partial charge on any atom is 0.121 e. The van der Waals surface area contributed by atoms with Gasteiger partial charge in [0.25, 0.3) is 0 Å². The summed E-state index contributed by atoms with van der Waals surface area (Å²) >= 11 is 0.